The molecule has 0 bridgehead atoms. The fraction of sp³-hybridized carbons (Fsp3) is 0.571. The molecule has 0 heterocycles. The SMILES string of the molecule is CC(O)CC(C)(C)Cc1cccc(C(F)(F)F)c1. The Morgan fingerprint density at radius 2 is 1.83 bits per heavy atom. The van der Waals surface area contributed by atoms with E-state index in [4.69, 9.17) is 0 Å². The number of hydrogen-bond donors (Lipinski definition) is 1. The van der Waals surface area contributed by atoms with Crippen molar-refractivity contribution in [3.8, 4) is 0 Å². The van der Waals surface area contributed by atoms with Crippen LogP contribution in [0.5, 0.6) is 0 Å². The van der Waals surface area contributed by atoms with Gasteiger partial charge in [0.1, 0.15) is 0 Å². The molecule has 102 valence electrons. The number of alkyl halides is 3. The molecule has 1 nitrogen and oxygen atoms in total. The number of rotatable bonds is 4. The van der Waals surface area contributed by atoms with E-state index >= 15 is 0 Å². The molecule has 0 aliphatic heterocycles. The van der Waals surface area contributed by atoms with Gasteiger partial charge in [0.2, 0.25) is 0 Å². The molecular formula is C14H19F3O. The number of hydrogen-bond acceptors (Lipinski definition) is 1. The van der Waals surface area contributed by atoms with Crippen molar-refractivity contribution in [2.24, 2.45) is 5.41 Å². The second-order valence-corrected chi connectivity index (χ2v) is 5.59. The van der Waals surface area contributed by atoms with Crippen molar-refractivity contribution in [3.05, 3.63) is 35.4 Å². The molecule has 1 rings (SSSR count). The van der Waals surface area contributed by atoms with Crippen LogP contribution in [0.25, 0.3) is 0 Å². The summed E-state index contributed by atoms with van der Waals surface area (Å²) in [5, 5.41) is 9.37. The Bertz CT molecular complexity index is 394. The van der Waals surface area contributed by atoms with E-state index in [0.29, 0.717) is 18.4 Å². The fourth-order valence-corrected chi connectivity index (χ4v) is 2.28. The van der Waals surface area contributed by atoms with Crippen LogP contribution in [-0.4, -0.2) is 11.2 Å². The van der Waals surface area contributed by atoms with E-state index in [2.05, 4.69) is 0 Å². The molecule has 0 fully saturated rings. The van der Waals surface area contributed by atoms with Crippen molar-refractivity contribution in [2.75, 3.05) is 0 Å². The molecule has 4 heteroatoms. The van der Waals surface area contributed by atoms with Crippen LogP contribution in [0.1, 0.15) is 38.3 Å². The Hall–Kier alpha value is -1.03. The average Bonchev–Trinajstić information content (AvgIpc) is 2.13. The molecule has 18 heavy (non-hydrogen) atoms. The third-order valence-corrected chi connectivity index (χ3v) is 2.78. The summed E-state index contributed by atoms with van der Waals surface area (Å²) in [6, 6.07) is 5.38. The molecule has 1 unspecified atom stereocenters. The normalized spacial score (nSPS) is 14.6. The molecule has 1 aromatic rings. The lowest BCUT2D eigenvalue weighted by Crippen LogP contribution is -2.21. The summed E-state index contributed by atoms with van der Waals surface area (Å²) in [5.41, 5.74) is -0.193. The molecule has 0 spiro atoms. The highest BCUT2D eigenvalue weighted by atomic mass is 19.4. The second-order valence-electron chi connectivity index (χ2n) is 5.59. The first kappa shape index (κ1) is 15.0. The summed E-state index contributed by atoms with van der Waals surface area (Å²) in [6.45, 7) is 5.58. The van der Waals surface area contributed by atoms with E-state index in [9.17, 15) is 18.3 Å². The molecule has 1 N–H and O–H groups in total. The number of halogens is 3. The molecule has 0 aromatic heterocycles. The van der Waals surface area contributed by atoms with Crippen molar-refractivity contribution in [2.45, 2.75) is 45.9 Å². The Labute approximate surface area is 106 Å². The van der Waals surface area contributed by atoms with Crippen LogP contribution in [0.4, 0.5) is 13.2 Å². The van der Waals surface area contributed by atoms with Gasteiger partial charge in [-0.3, -0.25) is 0 Å². The summed E-state index contributed by atoms with van der Waals surface area (Å²) >= 11 is 0. The molecular weight excluding hydrogens is 241 g/mol. The Morgan fingerprint density at radius 3 is 2.33 bits per heavy atom. The zero-order valence-electron chi connectivity index (χ0n) is 10.9. The van der Waals surface area contributed by atoms with Gasteiger partial charge in [0.25, 0.3) is 0 Å². The summed E-state index contributed by atoms with van der Waals surface area (Å²) in [5.74, 6) is 0. The van der Waals surface area contributed by atoms with Gasteiger partial charge in [-0.05, 0) is 36.8 Å². The number of benzene rings is 1. The van der Waals surface area contributed by atoms with Gasteiger partial charge in [-0.2, -0.15) is 13.2 Å². The quantitative estimate of drug-likeness (QED) is 0.866. The van der Waals surface area contributed by atoms with E-state index < -0.39 is 17.8 Å². The summed E-state index contributed by atoms with van der Waals surface area (Å²) in [4.78, 5) is 0. The Balaban J connectivity index is 2.85. The fourth-order valence-electron chi connectivity index (χ4n) is 2.28. The van der Waals surface area contributed by atoms with Crippen molar-refractivity contribution < 1.29 is 18.3 Å². The highest BCUT2D eigenvalue weighted by Crippen LogP contribution is 2.32. The Morgan fingerprint density at radius 1 is 1.22 bits per heavy atom. The van der Waals surface area contributed by atoms with Crippen molar-refractivity contribution >= 4 is 0 Å². The zero-order valence-corrected chi connectivity index (χ0v) is 10.9. The van der Waals surface area contributed by atoms with Crippen LogP contribution >= 0.6 is 0 Å². The van der Waals surface area contributed by atoms with Crippen LogP contribution in [-0.2, 0) is 12.6 Å². The minimum Gasteiger partial charge on any atom is -0.393 e. The lowest BCUT2D eigenvalue weighted by Gasteiger charge is -2.26. The lowest BCUT2D eigenvalue weighted by molar-refractivity contribution is -0.137. The van der Waals surface area contributed by atoms with Crippen LogP contribution < -0.4 is 0 Å². The van der Waals surface area contributed by atoms with Gasteiger partial charge in [-0.15, -0.1) is 0 Å². The second kappa shape index (κ2) is 5.31. The van der Waals surface area contributed by atoms with Crippen molar-refractivity contribution in [1.82, 2.24) is 0 Å². The number of aliphatic hydroxyl groups is 1. The zero-order chi connectivity index (χ0) is 14.0. The molecule has 0 amide bonds. The first-order valence-corrected chi connectivity index (χ1v) is 5.94. The van der Waals surface area contributed by atoms with Crippen molar-refractivity contribution in [3.63, 3.8) is 0 Å². The van der Waals surface area contributed by atoms with E-state index in [1.165, 1.54) is 12.1 Å². The largest absolute Gasteiger partial charge is 0.416 e. The van der Waals surface area contributed by atoms with Crippen LogP contribution in [0, 0.1) is 5.41 Å². The maximum absolute atomic E-state index is 12.6. The third kappa shape index (κ3) is 4.69. The first-order chi connectivity index (χ1) is 8.10. The molecule has 0 aliphatic rings. The highest BCUT2D eigenvalue weighted by Gasteiger charge is 2.31. The van der Waals surface area contributed by atoms with Gasteiger partial charge in [0.05, 0.1) is 11.7 Å². The molecule has 0 aliphatic carbocycles. The van der Waals surface area contributed by atoms with E-state index in [0.717, 1.165) is 6.07 Å². The van der Waals surface area contributed by atoms with Gasteiger partial charge in [-0.1, -0.05) is 32.0 Å². The molecule has 1 aromatic carbocycles. The van der Waals surface area contributed by atoms with E-state index in [1.54, 1.807) is 13.0 Å². The summed E-state index contributed by atoms with van der Waals surface area (Å²) in [7, 11) is 0. The summed E-state index contributed by atoms with van der Waals surface area (Å²) in [6.07, 6.45) is -3.68. The van der Waals surface area contributed by atoms with Crippen LogP contribution in [0.2, 0.25) is 0 Å². The predicted octanol–water partition coefficient (Wildman–Crippen LogP) is 4.05. The smallest absolute Gasteiger partial charge is 0.393 e. The van der Waals surface area contributed by atoms with Gasteiger partial charge < -0.3 is 5.11 Å². The van der Waals surface area contributed by atoms with Crippen LogP contribution in [0.15, 0.2) is 24.3 Å². The Kier molecular flexibility index (Phi) is 4.43. The van der Waals surface area contributed by atoms with Gasteiger partial charge in [-0.25, -0.2) is 0 Å². The van der Waals surface area contributed by atoms with E-state index in [1.807, 2.05) is 13.8 Å². The highest BCUT2D eigenvalue weighted by molar-refractivity contribution is 5.26. The topological polar surface area (TPSA) is 20.2 Å². The standard InChI is InChI=1S/C14H19F3O/c1-10(18)8-13(2,3)9-11-5-4-6-12(7-11)14(15,16)17/h4-7,10,18H,8-9H2,1-3H3. The minimum absolute atomic E-state index is 0.224. The lowest BCUT2D eigenvalue weighted by atomic mass is 9.81. The maximum Gasteiger partial charge on any atom is 0.416 e. The monoisotopic (exact) mass is 260 g/mol. The predicted molar refractivity (Wildman–Crippen MR) is 65.2 cm³/mol. The maximum atomic E-state index is 12.6. The number of aliphatic hydroxyl groups excluding tert-OH is 1. The first-order valence-electron chi connectivity index (χ1n) is 5.94. The molecule has 1 atom stereocenters. The van der Waals surface area contributed by atoms with E-state index in [-0.39, 0.29) is 5.41 Å². The van der Waals surface area contributed by atoms with Gasteiger partial charge >= 0.3 is 6.18 Å². The summed E-state index contributed by atoms with van der Waals surface area (Å²) < 4.78 is 37.7. The third-order valence-electron chi connectivity index (χ3n) is 2.78. The van der Waals surface area contributed by atoms with Gasteiger partial charge in [0.15, 0.2) is 0 Å². The molecule has 0 saturated carbocycles. The average molecular weight is 260 g/mol. The van der Waals surface area contributed by atoms with Crippen LogP contribution in [0.3, 0.4) is 0 Å². The molecule has 0 saturated heterocycles. The minimum atomic E-state index is -4.30. The van der Waals surface area contributed by atoms with Crippen molar-refractivity contribution in [1.29, 1.82) is 0 Å². The molecule has 0 radical (unpaired) electrons. The van der Waals surface area contributed by atoms with Gasteiger partial charge in [0, 0.05) is 0 Å².